The van der Waals surface area contributed by atoms with E-state index in [1.165, 1.54) is 0 Å². The molecule has 1 aliphatic carbocycles. The fourth-order valence-corrected chi connectivity index (χ4v) is 2.02. The van der Waals surface area contributed by atoms with E-state index in [1.807, 2.05) is 0 Å². The van der Waals surface area contributed by atoms with Crippen LogP contribution in [0, 0.1) is 21.7 Å². The van der Waals surface area contributed by atoms with Crippen molar-refractivity contribution in [2.75, 3.05) is 0 Å². The highest BCUT2D eigenvalue weighted by molar-refractivity contribution is 5.47. The molecule has 0 aliphatic heterocycles. The Kier molecular flexibility index (Phi) is 3.42. The maximum Gasteiger partial charge on any atom is 0.314 e. The lowest BCUT2D eigenvalue weighted by atomic mass is 10.2. The van der Waals surface area contributed by atoms with Gasteiger partial charge in [-0.05, 0) is 25.3 Å². The molecule has 1 aromatic rings. The van der Waals surface area contributed by atoms with Gasteiger partial charge in [0, 0.05) is 12.1 Å². The van der Waals surface area contributed by atoms with Gasteiger partial charge in [-0.1, -0.05) is 0 Å². The van der Waals surface area contributed by atoms with Crippen LogP contribution in [-0.4, -0.2) is 17.1 Å². The van der Waals surface area contributed by atoms with Gasteiger partial charge in [0.05, 0.1) is 4.92 Å². The second-order valence-electron chi connectivity index (χ2n) is 4.28. The van der Waals surface area contributed by atoms with Crippen LogP contribution >= 0.6 is 0 Å². The topological polar surface area (TPSA) is 78.4 Å². The zero-order valence-electron chi connectivity index (χ0n) is 9.44. The van der Waals surface area contributed by atoms with Crippen molar-refractivity contribution in [2.45, 2.75) is 31.4 Å². The number of benzene rings is 1. The van der Waals surface area contributed by atoms with Crippen molar-refractivity contribution in [1.82, 2.24) is 0 Å². The Labute approximate surface area is 102 Å². The molecule has 0 heterocycles. The SMILES string of the molecule is NC1CCC(Oc2c([N+](=O)[O-])ccc(F)c2F)C1. The number of halogens is 2. The zero-order chi connectivity index (χ0) is 13.3. The van der Waals surface area contributed by atoms with E-state index in [4.69, 9.17) is 10.5 Å². The minimum atomic E-state index is -1.33. The number of nitro benzene ring substituents is 1. The highest BCUT2D eigenvalue weighted by Crippen LogP contribution is 2.34. The Morgan fingerprint density at radius 3 is 2.67 bits per heavy atom. The van der Waals surface area contributed by atoms with E-state index >= 15 is 0 Å². The van der Waals surface area contributed by atoms with E-state index in [1.54, 1.807) is 0 Å². The Morgan fingerprint density at radius 1 is 1.39 bits per heavy atom. The molecule has 0 saturated heterocycles. The first-order valence-electron chi connectivity index (χ1n) is 5.53. The average Bonchev–Trinajstić information content (AvgIpc) is 2.70. The third kappa shape index (κ3) is 2.40. The van der Waals surface area contributed by atoms with Gasteiger partial charge in [0.2, 0.25) is 11.6 Å². The number of ether oxygens (including phenoxy) is 1. The number of rotatable bonds is 3. The Bertz CT molecular complexity index is 482. The van der Waals surface area contributed by atoms with Gasteiger partial charge >= 0.3 is 5.69 Å². The summed E-state index contributed by atoms with van der Waals surface area (Å²) in [5.41, 5.74) is 5.09. The van der Waals surface area contributed by atoms with Crippen LogP contribution in [0.1, 0.15) is 19.3 Å². The molecule has 1 fully saturated rings. The van der Waals surface area contributed by atoms with Crippen LogP contribution in [-0.2, 0) is 0 Å². The molecule has 1 aromatic carbocycles. The van der Waals surface area contributed by atoms with Gasteiger partial charge in [-0.3, -0.25) is 10.1 Å². The minimum absolute atomic E-state index is 0.0642. The number of nitrogens with zero attached hydrogens (tertiary/aromatic N) is 1. The normalized spacial score (nSPS) is 23.1. The summed E-state index contributed by atoms with van der Waals surface area (Å²) in [6.45, 7) is 0. The summed E-state index contributed by atoms with van der Waals surface area (Å²) >= 11 is 0. The van der Waals surface area contributed by atoms with E-state index < -0.39 is 34.1 Å². The molecule has 7 heteroatoms. The van der Waals surface area contributed by atoms with Crippen LogP contribution in [0.15, 0.2) is 12.1 Å². The molecule has 5 nitrogen and oxygen atoms in total. The van der Waals surface area contributed by atoms with E-state index in [2.05, 4.69) is 0 Å². The van der Waals surface area contributed by atoms with E-state index in [0.29, 0.717) is 25.3 Å². The van der Waals surface area contributed by atoms with Crippen molar-refractivity contribution < 1.29 is 18.4 Å². The Morgan fingerprint density at radius 2 is 2.11 bits per heavy atom. The number of nitrogens with two attached hydrogens (primary N) is 1. The second kappa shape index (κ2) is 4.85. The summed E-state index contributed by atoms with van der Waals surface area (Å²) in [7, 11) is 0. The molecule has 2 unspecified atom stereocenters. The molecule has 0 amide bonds. The highest BCUT2D eigenvalue weighted by Gasteiger charge is 2.29. The quantitative estimate of drug-likeness (QED) is 0.665. The number of nitro groups is 1. The fourth-order valence-electron chi connectivity index (χ4n) is 2.02. The van der Waals surface area contributed by atoms with Gasteiger partial charge in [-0.15, -0.1) is 0 Å². The van der Waals surface area contributed by atoms with Crippen LogP contribution in [0.5, 0.6) is 5.75 Å². The average molecular weight is 258 g/mol. The van der Waals surface area contributed by atoms with Gasteiger partial charge in [0.25, 0.3) is 0 Å². The molecule has 2 atom stereocenters. The second-order valence-corrected chi connectivity index (χ2v) is 4.28. The molecule has 1 aliphatic rings. The molecule has 98 valence electrons. The molecule has 1 saturated carbocycles. The molecular weight excluding hydrogens is 246 g/mol. The lowest BCUT2D eigenvalue weighted by Gasteiger charge is -2.14. The van der Waals surface area contributed by atoms with Crippen LogP contribution in [0.2, 0.25) is 0 Å². The van der Waals surface area contributed by atoms with E-state index in [-0.39, 0.29) is 6.04 Å². The van der Waals surface area contributed by atoms with Crippen LogP contribution in [0.4, 0.5) is 14.5 Å². The summed E-state index contributed by atoms with van der Waals surface area (Å²) in [6, 6.07) is 1.54. The van der Waals surface area contributed by atoms with Crippen molar-refractivity contribution >= 4 is 5.69 Å². The monoisotopic (exact) mass is 258 g/mol. The Balaban J connectivity index is 2.30. The van der Waals surface area contributed by atoms with E-state index in [9.17, 15) is 18.9 Å². The van der Waals surface area contributed by atoms with Crippen molar-refractivity contribution in [2.24, 2.45) is 5.73 Å². The first kappa shape index (κ1) is 12.7. The molecule has 0 bridgehead atoms. The first-order chi connectivity index (χ1) is 8.49. The molecule has 2 N–H and O–H groups in total. The van der Waals surface area contributed by atoms with Crippen molar-refractivity contribution in [3.8, 4) is 5.75 Å². The van der Waals surface area contributed by atoms with Gasteiger partial charge < -0.3 is 10.5 Å². The molecule has 18 heavy (non-hydrogen) atoms. The van der Waals surface area contributed by atoms with Crippen molar-refractivity contribution in [1.29, 1.82) is 0 Å². The third-order valence-corrected chi connectivity index (χ3v) is 2.94. The number of hydrogen-bond donors (Lipinski definition) is 1. The molecule has 0 spiro atoms. The van der Waals surface area contributed by atoms with Gasteiger partial charge in [-0.25, -0.2) is 4.39 Å². The maximum atomic E-state index is 13.5. The molecule has 0 radical (unpaired) electrons. The first-order valence-corrected chi connectivity index (χ1v) is 5.53. The highest BCUT2D eigenvalue weighted by atomic mass is 19.2. The zero-order valence-corrected chi connectivity index (χ0v) is 9.44. The predicted octanol–water partition coefficient (Wildman–Crippen LogP) is 2.13. The Hall–Kier alpha value is -1.76. The third-order valence-electron chi connectivity index (χ3n) is 2.94. The van der Waals surface area contributed by atoms with E-state index in [0.717, 1.165) is 6.07 Å². The van der Waals surface area contributed by atoms with Crippen molar-refractivity contribution in [3.05, 3.63) is 33.9 Å². The fraction of sp³-hybridized carbons (Fsp3) is 0.455. The predicted molar refractivity (Wildman–Crippen MR) is 59.3 cm³/mol. The summed E-state index contributed by atoms with van der Waals surface area (Å²) in [5.74, 6) is -3.14. The van der Waals surface area contributed by atoms with Gasteiger partial charge in [0.15, 0.2) is 5.82 Å². The number of hydrogen-bond acceptors (Lipinski definition) is 4. The smallest absolute Gasteiger partial charge is 0.314 e. The van der Waals surface area contributed by atoms with Crippen molar-refractivity contribution in [3.63, 3.8) is 0 Å². The maximum absolute atomic E-state index is 13.5. The summed E-state index contributed by atoms with van der Waals surface area (Å²) in [4.78, 5) is 9.94. The largest absolute Gasteiger partial charge is 0.481 e. The molecule has 2 rings (SSSR count). The standard InChI is InChI=1S/C11H12F2N2O3/c12-8-3-4-9(15(16)17)11(10(8)13)18-7-2-1-6(14)5-7/h3-4,6-7H,1-2,5,14H2. The molecule has 0 aromatic heterocycles. The summed E-state index contributed by atoms with van der Waals surface area (Å²) in [5, 5.41) is 10.7. The van der Waals surface area contributed by atoms with Gasteiger partial charge in [0.1, 0.15) is 6.10 Å². The summed E-state index contributed by atoms with van der Waals surface area (Å²) in [6.07, 6.45) is 1.35. The summed E-state index contributed by atoms with van der Waals surface area (Å²) < 4.78 is 31.8. The lowest BCUT2D eigenvalue weighted by molar-refractivity contribution is -0.386. The van der Waals surface area contributed by atoms with Crippen LogP contribution in [0.3, 0.4) is 0 Å². The van der Waals surface area contributed by atoms with Crippen LogP contribution < -0.4 is 10.5 Å². The van der Waals surface area contributed by atoms with Crippen LogP contribution in [0.25, 0.3) is 0 Å². The molecular formula is C11H12F2N2O3. The van der Waals surface area contributed by atoms with Gasteiger partial charge in [-0.2, -0.15) is 4.39 Å². The lowest BCUT2D eigenvalue weighted by Crippen LogP contribution is -2.20. The minimum Gasteiger partial charge on any atom is -0.481 e.